The van der Waals surface area contributed by atoms with Crippen LogP contribution in [-0.4, -0.2) is 40.1 Å². The third-order valence-electron chi connectivity index (χ3n) is 5.06. The second-order valence-corrected chi connectivity index (χ2v) is 9.01. The van der Waals surface area contributed by atoms with E-state index in [0.29, 0.717) is 17.9 Å². The van der Waals surface area contributed by atoms with Crippen LogP contribution in [0.15, 0.2) is 24.3 Å². The van der Waals surface area contributed by atoms with Gasteiger partial charge in [-0.1, -0.05) is 0 Å². The fourth-order valence-electron chi connectivity index (χ4n) is 3.90. The molecule has 0 radical (unpaired) electrons. The van der Waals surface area contributed by atoms with Crippen molar-refractivity contribution in [2.24, 2.45) is 11.8 Å². The van der Waals surface area contributed by atoms with Crippen molar-refractivity contribution in [2.75, 3.05) is 18.4 Å². The summed E-state index contributed by atoms with van der Waals surface area (Å²) in [6, 6.07) is 8.30. The van der Waals surface area contributed by atoms with Crippen molar-refractivity contribution >= 4 is 45.7 Å². The van der Waals surface area contributed by atoms with Crippen LogP contribution in [0.2, 0.25) is 0 Å². The molecule has 1 aliphatic heterocycles. The van der Waals surface area contributed by atoms with Gasteiger partial charge in [0, 0.05) is 29.9 Å². The molecule has 1 saturated carbocycles. The maximum Gasteiger partial charge on any atom is 0.263 e. The molecule has 0 unspecified atom stereocenters. The Bertz CT molecular complexity index is 747. The van der Waals surface area contributed by atoms with Crippen LogP contribution >= 0.6 is 33.9 Å². The Labute approximate surface area is 159 Å². The fraction of sp³-hybridized carbons (Fsp3) is 0.471. The summed E-state index contributed by atoms with van der Waals surface area (Å²) in [5, 5.41) is 11.8. The fourth-order valence-corrected chi connectivity index (χ4v) is 5.02. The van der Waals surface area contributed by atoms with Crippen LogP contribution < -0.4 is 5.32 Å². The first-order chi connectivity index (χ1) is 11.6. The van der Waals surface area contributed by atoms with E-state index in [-0.39, 0.29) is 5.91 Å². The number of aryl methyl sites for hydroxylation is 1. The molecule has 1 amide bonds. The number of nitrogens with one attached hydrogen (secondary N) is 1. The number of thiophene rings is 1. The summed E-state index contributed by atoms with van der Waals surface area (Å²) in [4.78, 5) is 16.8. The monoisotopic (exact) mass is 454 g/mol. The van der Waals surface area contributed by atoms with Gasteiger partial charge < -0.3 is 10.2 Å². The Kier molecular flexibility index (Phi) is 4.46. The molecule has 3 atom stereocenters. The summed E-state index contributed by atoms with van der Waals surface area (Å²) in [5.41, 5.74) is 0. The maximum absolute atomic E-state index is 12.7. The van der Waals surface area contributed by atoms with Gasteiger partial charge in [0.15, 0.2) is 0 Å². The number of rotatable bonds is 3. The number of carbonyl (C=O) groups is 1. The number of hydrogen-bond donors (Lipinski definition) is 1. The van der Waals surface area contributed by atoms with Gasteiger partial charge in [-0.2, -0.15) is 0 Å². The lowest BCUT2D eigenvalue weighted by atomic mass is 9.98. The molecule has 126 valence electrons. The third-order valence-corrected chi connectivity index (χ3v) is 6.62. The van der Waals surface area contributed by atoms with Gasteiger partial charge in [-0.05, 0) is 72.5 Å². The Morgan fingerprint density at radius 2 is 2.12 bits per heavy atom. The predicted octanol–water partition coefficient (Wildman–Crippen LogP) is 3.41. The quantitative estimate of drug-likeness (QED) is 0.723. The molecule has 2 aromatic heterocycles. The van der Waals surface area contributed by atoms with Gasteiger partial charge >= 0.3 is 0 Å². The first-order valence-corrected chi connectivity index (χ1v) is 10.1. The largest absolute Gasteiger partial charge is 0.365 e. The van der Waals surface area contributed by atoms with E-state index >= 15 is 0 Å². The molecule has 3 heterocycles. The van der Waals surface area contributed by atoms with Gasteiger partial charge in [0.1, 0.15) is 9.52 Å². The third kappa shape index (κ3) is 3.15. The molecule has 4 rings (SSSR count). The Balaban J connectivity index is 1.43. The van der Waals surface area contributed by atoms with Gasteiger partial charge in [0.2, 0.25) is 0 Å². The zero-order chi connectivity index (χ0) is 16.7. The van der Waals surface area contributed by atoms with E-state index in [1.807, 2.05) is 36.1 Å². The zero-order valence-corrected chi connectivity index (χ0v) is 16.4. The van der Waals surface area contributed by atoms with Crippen molar-refractivity contribution < 1.29 is 4.79 Å². The minimum atomic E-state index is 0.190. The highest BCUT2D eigenvalue weighted by atomic mass is 127. The van der Waals surface area contributed by atoms with Crippen LogP contribution in [0.1, 0.15) is 27.4 Å². The van der Waals surface area contributed by atoms with E-state index in [1.54, 1.807) is 11.3 Å². The SMILES string of the molecule is Cc1ccc(C(=O)N2C[C@@H]3CC[C@@H](Nc4ccc(I)nn4)[C@@H]3C2)s1. The highest BCUT2D eigenvalue weighted by Gasteiger charge is 2.44. The number of fused-ring (bicyclic) bond motifs is 1. The molecular weight excluding hydrogens is 435 g/mol. The summed E-state index contributed by atoms with van der Waals surface area (Å²) >= 11 is 3.75. The summed E-state index contributed by atoms with van der Waals surface area (Å²) in [6.07, 6.45) is 2.32. The number of aromatic nitrogens is 2. The molecule has 5 nitrogen and oxygen atoms in total. The van der Waals surface area contributed by atoms with Gasteiger partial charge in [-0.15, -0.1) is 21.5 Å². The zero-order valence-electron chi connectivity index (χ0n) is 13.4. The molecule has 2 aliphatic rings. The van der Waals surface area contributed by atoms with E-state index in [9.17, 15) is 4.79 Å². The number of anilines is 1. The average Bonchev–Trinajstić information content (AvgIpc) is 3.26. The topological polar surface area (TPSA) is 58.1 Å². The summed E-state index contributed by atoms with van der Waals surface area (Å²) < 4.78 is 0.895. The average molecular weight is 454 g/mol. The minimum Gasteiger partial charge on any atom is -0.365 e. The summed E-state index contributed by atoms with van der Waals surface area (Å²) in [7, 11) is 0. The second-order valence-electron chi connectivity index (χ2n) is 6.61. The number of carbonyl (C=O) groups excluding carboxylic acids is 1. The van der Waals surface area contributed by atoms with Crippen LogP contribution in [0.4, 0.5) is 5.82 Å². The predicted molar refractivity (Wildman–Crippen MR) is 103 cm³/mol. The molecule has 24 heavy (non-hydrogen) atoms. The van der Waals surface area contributed by atoms with Crippen LogP contribution in [0, 0.1) is 22.5 Å². The van der Waals surface area contributed by atoms with Crippen molar-refractivity contribution in [1.82, 2.24) is 15.1 Å². The number of likely N-dealkylation sites (tertiary alicyclic amines) is 1. The highest BCUT2D eigenvalue weighted by Crippen LogP contribution is 2.40. The van der Waals surface area contributed by atoms with Crippen LogP contribution in [0.25, 0.3) is 0 Å². The van der Waals surface area contributed by atoms with E-state index in [2.05, 4.69) is 38.1 Å². The standard InChI is InChI=1S/C17H19IN4OS/c1-10-2-5-14(24-10)17(23)22-8-11-3-4-13(12(11)9-22)19-16-7-6-15(18)20-21-16/h2,5-7,11-13H,3-4,8-9H2,1H3,(H,19,21)/t11-,12+,13+/m0/s1. The number of amides is 1. The van der Waals surface area contributed by atoms with E-state index in [1.165, 1.54) is 11.3 Å². The summed E-state index contributed by atoms with van der Waals surface area (Å²) in [5.74, 6) is 2.13. The molecule has 1 saturated heterocycles. The van der Waals surface area contributed by atoms with Gasteiger partial charge in [0.25, 0.3) is 5.91 Å². The minimum absolute atomic E-state index is 0.190. The number of nitrogens with zero attached hydrogens (tertiary/aromatic N) is 3. The normalized spacial score (nSPS) is 25.8. The second kappa shape index (κ2) is 6.59. The van der Waals surface area contributed by atoms with Gasteiger partial charge in [-0.3, -0.25) is 4.79 Å². The maximum atomic E-state index is 12.7. The van der Waals surface area contributed by atoms with E-state index < -0.39 is 0 Å². The van der Waals surface area contributed by atoms with Crippen LogP contribution in [0.3, 0.4) is 0 Å². The van der Waals surface area contributed by atoms with Gasteiger partial charge in [0.05, 0.1) is 4.88 Å². The Morgan fingerprint density at radius 1 is 1.25 bits per heavy atom. The lowest BCUT2D eigenvalue weighted by Crippen LogP contribution is -2.33. The van der Waals surface area contributed by atoms with Gasteiger partial charge in [-0.25, -0.2) is 0 Å². The van der Waals surface area contributed by atoms with Crippen molar-refractivity contribution in [3.05, 3.63) is 37.7 Å². The van der Waals surface area contributed by atoms with E-state index in [0.717, 1.165) is 33.9 Å². The number of halogens is 1. The van der Waals surface area contributed by atoms with Crippen molar-refractivity contribution in [1.29, 1.82) is 0 Å². The van der Waals surface area contributed by atoms with E-state index in [4.69, 9.17) is 0 Å². The van der Waals surface area contributed by atoms with Crippen molar-refractivity contribution in [2.45, 2.75) is 25.8 Å². The molecular formula is C17H19IN4OS. The molecule has 0 spiro atoms. The molecule has 0 aromatic carbocycles. The lowest BCUT2D eigenvalue weighted by molar-refractivity contribution is 0.0785. The molecule has 1 N–H and O–H groups in total. The Morgan fingerprint density at radius 3 is 2.83 bits per heavy atom. The van der Waals surface area contributed by atoms with Crippen LogP contribution in [0.5, 0.6) is 0 Å². The van der Waals surface area contributed by atoms with Crippen molar-refractivity contribution in [3.8, 4) is 0 Å². The lowest BCUT2D eigenvalue weighted by Gasteiger charge is -2.21. The highest BCUT2D eigenvalue weighted by molar-refractivity contribution is 14.1. The van der Waals surface area contributed by atoms with Crippen molar-refractivity contribution in [3.63, 3.8) is 0 Å². The first-order valence-electron chi connectivity index (χ1n) is 8.21. The molecule has 2 aromatic rings. The van der Waals surface area contributed by atoms with Crippen LogP contribution in [-0.2, 0) is 0 Å². The number of hydrogen-bond acceptors (Lipinski definition) is 5. The summed E-state index contributed by atoms with van der Waals surface area (Å²) in [6.45, 7) is 3.77. The molecule has 7 heteroatoms. The first kappa shape index (κ1) is 16.3. The smallest absolute Gasteiger partial charge is 0.263 e. The molecule has 0 bridgehead atoms. The molecule has 2 fully saturated rings. The Hall–Kier alpha value is -1.22. The molecule has 1 aliphatic carbocycles.